The highest BCUT2D eigenvalue weighted by Crippen LogP contribution is 2.26. The van der Waals surface area contributed by atoms with Crippen molar-refractivity contribution >= 4 is 45.9 Å². The Morgan fingerprint density at radius 1 is 1.23 bits per heavy atom. The third-order valence-corrected chi connectivity index (χ3v) is 5.79. The number of thioether (sulfide) groups is 1. The summed E-state index contributed by atoms with van der Waals surface area (Å²) in [6.45, 7) is 2.89. The minimum absolute atomic E-state index is 0.0832. The topological polar surface area (TPSA) is 82.4 Å². The van der Waals surface area contributed by atoms with Gasteiger partial charge >= 0.3 is 0 Å². The third kappa shape index (κ3) is 5.78. The van der Waals surface area contributed by atoms with Gasteiger partial charge < -0.3 is 14.8 Å². The molecule has 0 unspecified atom stereocenters. The Hall–Kier alpha value is -2.55. The monoisotopic (exact) mass is 461 g/mol. The van der Waals surface area contributed by atoms with Gasteiger partial charge in [0.1, 0.15) is 5.75 Å². The zero-order valence-corrected chi connectivity index (χ0v) is 19.2. The molecule has 0 spiro atoms. The predicted octanol–water partition coefficient (Wildman–Crippen LogP) is 4.13. The summed E-state index contributed by atoms with van der Waals surface area (Å²) in [4.78, 5) is 30.2. The van der Waals surface area contributed by atoms with E-state index in [0.717, 1.165) is 5.56 Å². The molecule has 0 radical (unpaired) electrons. The number of nitrogens with zero attached hydrogens (tertiary/aromatic N) is 2. The van der Waals surface area contributed by atoms with Gasteiger partial charge in [-0.25, -0.2) is 4.98 Å². The van der Waals surface area contributed by atoms with E-state index in [-0.39, 0.29) is 17.2 Å². The summed E-state index contributed by atoms with van der Waals surface area (Å²) < 4.78 is 12.0. The highest BCUT2D eigenvalue weighted by Gasteiger charge is 2.15. The third-order valence-electron chi connectivity index (χ3n) is 4.57. The molecule has 1 amide bonds. The van der Waals surface area contributed by atoms with Crippen LogP contribution in [0, 0.1) is 6.92 Å². The summed E-state index contributed by atoms with van der Waals surface area (Å²) in [7, 11) is 3.17. The Bertz CT molecular complexity index is 1150. The number of nitrogens with one attached hydrogen (secondary N) is 1. The SMILES string of the molecule is COCCCn1c(SCC(=O)Nc2cc(C)ccc2OC)nc2cc(Cl)ccc2c1=O. The number of hydrogen-bond acceptors (Lipinski definition) is 6. The Morgan fingerprint density at radius 2 is 2.03 bits per heavy atom. The molecule has 1 heterocycles. The van der Waals surface area contributed by atoms with Crippen LogP contribution in [0.1, 0.15) is 12.0 Å². The minimum atomic E-state index is -0.224. The number of methoxy groups -OCH3 is 2. The van der Waals surface area contributed by atoms with Crippen LogP contribution < -0.4 is 15.6 Å². The van der Waals surface area contributed by atoms with Gasteiger partial charge in [-0.3, -0.25) is 14.2 Å². The molecule has 9 heteroatoms. The molecule has 0 atom stereocenters. The van der Waals surface area contributed by atoms with Crippen molar-refractivity contribution in [3.63, 3.8) is 0 Å². The lowest BCUT2D eigenvalue weighted by molar-refractivity contribution is -0.113. The van der Waals surface area contributed by atoms with Gasteiger partial charge in [0, 0.05) is 25.3 Å². The van der Waals surface area contributed by atoms with Gasteiger partial charge in [-0.15, -0.1) is 0 Å². The summed E-state index contributed by atoms with van der Waals surface area (Å²) in [5.41, 5.74) is 1.94. The maximum Gasteiger partial charge on any atom is 0.262 e. The Balaban J connectivity index is 1.84. The fourth-order valence-electron chi connectivity index (χ4n) is 3.08. The number of aryl methyl sites for hydroxylation is 1. The lowest BCUT2D eigenvalue weighted by Crippen LogP contribution is -2.25. The average molecular weight is 462 g/mol. The first-order chi connectivity index (χ1) is 14.9. The van der Waals surface area contributed by atoms with Crippen LogP contribution in [-0.2, 0) is 16.1 Å². The number of rotatable bonds is 9. The summed E-state index contributed by atoms with van der Waals surface area (Å²) in [6, 6.07) is 10.6. The second-order valence-corrected chi connectivity index (χ2v) is 8.28. The van der Waals surface area contributed by atoms with E-state index >= 15 is 0 Å². The van der Waals surface area contributed by atoms with Gasteiger partial charge in [-0.05, 0) is 49.2 Å². The van der Waals surface area contributed by atoms with Gasteiger partial charge in [0.05, 0.1) is 29.5 Å². The normalized spacial score (nSPS) is 11.0. The smallest absolute Gasteiger partial charge is 0.262 e. The number of anilines is 1. The molecule has 31 heavy (non-hydrogen) atoms. The zero-order valence-electron chi connectivity index (χ0n) is 17.6. The average Bonchev–Trinajstić information content (AvgIpc) is 2.74. The molecule has 0 aliphatic heterocycles. The number of amides is 1. The minimum Gasteiger partial charge on any atom is -0.495 e. The standard InChI is InChI=1S/C22H24ClN3O4S/c1-14-5-8-19(30-3)18(11-14)24-20(27)13-31-22-25-17-12-15(23)6-7-16(17)21(28)26(22)9-4-10-29-2/h5-8,11-12H,4,9-10,13H2,1-3H3,(H,24,27). The molecule has 0 fully saturated rings. The van der Waals surface area contributed by atoms with Crippen LogP contribution in [0.3, 0.4) is 0 Å². The molecule has 0 saturated heterocycles. The number of hydrogen-bond donors (Lipinski definition) is 1. The van der Waals surface area contributed by atoms with E-state index in [2.05, 4.69) is 10.3 Å². The van der Waals surface area contributed by atoms with Crippen molar-refractivity contribution in [2.45, 2.75) is 25.0 Å². The first-order valence-corrected chi connectivity index (χ1v) is 11.1. The maximum atomic E-state index is 13.0. The van der Waals surface area contributed by atoms with Gasteiger partial charge in [-0.1, -0.05) is 29.4 Å². The molecule has 1 N–H and O–H groups in total. The van der Waals surface area contributed by atoms with Crippen LogP contribution in [0.4, 0.5) is 5.69 Å². The van der Waals surface area contributed by atoms with Crippen molar-refractivity contribution in [2.75, 3.05) is 31.9 Å². The summed E-state index contributed by atoms with van der Waals surface area (Å²) in [6.07, 6.45) is 0.650. The molecular formula is C22H24ClN3O4S. The lowest BCUT2D eigenvalue weighted by Gasteiger charge is -2.14. The molecule has 0 aliphatic rings. The molecule has 7 nitrogen and oxygen atoms in total. The van der Waals surface area contributed by atoms with Crippen molar-refractivity contribution in [2.24, 2.45) is 0 Å². The van der Waals surface area contributed by atoms with E-state index in [4.69, 9.17) is 21.1 Å². The van der Waals surface area contributed by atoms with Gasteiger partial charge in [0.2, 0.25) is 5.91 Å². The Morgan fingerprint density at radius 3 is 2.77 bits per heavy atom. The van der Waals surface area contributed by atoms with Crippen LogP contribution in [0.2, 0.25) is 5.02 Å². The highest BCUT2D eigenvalue weighted by molar-refractivity contribution is 7.99. The predicted molar refractivity (Wildman–Crippen MR) is 125 cm³/mol. The molecule has 3 aromatic rings. The fraction of sp³-hybridized carbons (Fsp3) is 0.318. The van der Waals surface area contributed by atoms with E-state index in [1.807, 2.05) is 19.1 Å². The molecule has 3 rings (SSSR count). The van der Waals surface area contributed by atoms with Crippen molar-refractivity contribution in [3.05, 3.63) is 57.3 Å². The lowest BCUT2D eigenvalue weighted by atomic mass is 10.2. The van der Waals surface area contributed by atoms with E-state index in [9.17, 15) is 9.59 Å². The number of benzene rings is 2. The second-order valence-electron chi connectivity index (χ2n) is 6.90. The largest absolute Gasteiger partial charge is 0.495 e. The highest BCUT2D eigenvalue weighted by atomic mass is 35.5. The van der Waals surface area contributed by atoms with E-state index in [1.165, 1.54) is 11.8 Å². The van der Waals surface area contributed by atoms with Gasteiger partial charge in [-0.2, -0.15) is 0 Å². The fourth-order valence-corrected chi connectivity index (χ4v) is 4.08. The quantitative estimate of drug-likeness (QED) is 0.293. The summed E-state index contributed by atoms with van der Waals surface area (Å²) in [5.74, 6) is 0.441. The molecule has 0 bridgehead atoms. The van der Waals surface area contributed by atoms with Crippen LogP contribution >= 0.6 is 23.4 Å². The number of carbonyl (C=O) groups is 1. The van der Waals surface area contributed by atoms with Crippen LogP contribution in [0.25, 0.3) is 10.9 Å². The molecular weight excluding hydrogens is 438 g/mol. The van der Waals surface area contributed by atoms with Crippen molar-refractivity contribution in [3.8, 4) is 5.75 Å². The number of aromatic nitrogens is 2. The molecule has 2 aromatic carbocycles. The number of fused-ring (bicyclic) bond motifs is 1. The van der Waals surface area contributed by atoms with Crippen molar-refractivity contribution in [1.82, 2.24) is 9.55 Å². The molecule has 164 valence electrons. The van der Waals surface area contributed by atoms with Crippen molar-refractivity contribution < 1.29 is 14.3 Å². The molecule has 1 aromatic heterocycles. The Labute approximate surface area is 189 Å². The van der Waals surface area contributed by atoms with Crippen molar-refractivity contribution in [1.29, 1.82) is 0 Å². The first kappa shape index (κ1) is 23.1. The molecule has 0 saturated carbocycles. The maximum absolute atomic E-state index is 13.0. The number of ether oxygens (including phenoxy) is 2. The van der Waals surface area contributed by atoms with E-state index in [1.54, 1.807) is 43.1 Å². The zero-order chi connectivity index (χ0) is 22.4. The molecule has 0 aliphatic carbocycles. The van der Waals surface area contributed by atoms with Crippen LogP contribution in [0.15, 0.2) is 46.3 Å². The second kappa shape index (κ2) is 10.7. The van der Waals surface area contributed by atoms with Crippen LogP contribution in [-0.4, -0.2) is 42.0 Å². The number of halogens is 1. The summed E-state index contributed by atoms with van der Waals surface area (Å²) >= 11 is 7.28. The van der Waals surface area contributed by atoms with E-state index < -0.39 is 0 Å². The summed E-state index contributed by atoms with van der Waals surface area (Å²) in [5, 5.41) is 4.31. The van der Waals surface area contributed by atoms with E-state index in [0.29, 0.717) is 52.1 Å². The van der Waals surface area contributed by atoms with Gasteiger partial charge in [0.25, 0.3) is 5.56 Å². The first-order valence-electron chi connectivity index (χ1n) is 9.69. The van der Waals surface area contributed by atoms with Gasteiger partial charge in [0.15, 0.2) is 5.16 Å². The number of carbonyl (C=O) groups excluding carboxylic acids is 1. The Kier molecular flexibility index (Phi) is 7.95. The van der Waals surface area contributed by atoms with Crippen LogP contribution in [0.5, 0.6) is 5.75 Å².